The molecule has 16 heavy (non-hydrogen) atoms. The molecule has 0 radical (unpaired) electrons. The molecule has 0 saturated carbocycles. The molecule has 0 aliphatic carbocycles. The second-order valence-electron chi connectivity index (χ2n) is 3.88. The summed E-state index contributed by atoms with van der Waals surface area (Å²) in [5, 5.41) is 3.40. The van der Waals surface area contributed by atoms with E-state index in [4.69, 9.17) is 16.3 Å². The molecule has 1 unspecified atom stereocenters. The van der Waals surface area contributed by atoms with Crippen molar-refractivity contribution in [2.75, 3.05) is 5.32 Å². The highest BCUT2D eigenvalue weighted by Crippen LogP contribution is 2.32. The Kier molecular flexibility index (Phi) is 3.34. The molecule has 0 bridgehead atoms. The highest BCUT2D eigenvalue weighted by Gasteiger charge is 2.26. The van der Waals surface area contributed by atoms with Crippen molar-refractivity contribution in [2.45, 2.75) is 32.3 Å². The zero-order chi connectivity index (χ0) is 11.5. The molecular weight excluding hydrogens is 226 g/mol. The van der Waals surface area contributed by atoms with Crippen molar-refractivity contribution in [3.05, 3.63) is 23.2 Å². The number of rotatable bonds is 3. The second kappa shape index (κ2) is 4.74. The summed E-state index contributed by atoms with van der Waals surface area (Å²) < 4.78 is 5.63. The summed E-state index contributed by atoms with van der Waals surface area (Å²) >= 11 is 5.84. The molecule has 1 heterocycles. The highest BCUT2D eigenvalue weighted by molar-refractivity contribution is 6.31. The van der Waals surface area contributed by atoms with E-state index in [1.807, 2.05) is 0 Å². The number of benzene rings is 1. The predicted octanol–water partition coefficient (Wildman–Crippen LogP) is 3.23. The number of carbonyl (C=O) groups is 1. The first kappa shape index (κ1) is 11.3. The number of fused-ring (bicyclic) bond motifs is 1. The van der Waals surface area contributed by atoms with Crippen molar-refractivity contribution in [2.24, 2.45) is 0 Å². The third kappa shape index (κ3) is 2.30. The minimum atomic E-state index is -0.367. The van der Waals surface area contributed by atoms with Crippen LogP contribution in [0.15, 0.2) is 18.2 Å². The van der Waals surface area contributed by atoms with E-state index in [0.29, 0.717) is 16.5 Å². The van der Waals surface area contributed by atoms with Crippen LogP contribution >= 0.6 is 11.6 Å². The summed E-state index contributed by atoms with van der Waals surface area (Å²) in [5.41, 5.74) is 0.658. The largest absolute Gasteiger partial charge is 0.478 e. The van der Waals surface area contributed by atoms with E-state index in [1.165, 1.54) is 0 Å². The second-order valence-corrected chi connectivity index (χ2v) is 4.31. The molecule has 1 aliphatic rings. The minimum Gasteiger partial charge on any atom is -0.478 e. The van der Waals surface area contributed by atoms with E-state index in [2.05, 4.69) is 12.2 Å². The summed E-state index contributed by atoms with van der Waals surface area (Å²) in [6.07, 6.45) is 2.43. The molecule has 86 valence electrons. The van der Waals surface area contributed by atoms with Crippen molar-refractivity contribution in [1.29, 1.82) is 0 Å². The molecule has 1 N–H and O–H groups in total. The van der Waals surface area contributed by atoms with Gasteiger partial charge in [0.2, 0.25) is 0 Å². The van der Waals surface area contributed by atoms with Crippen molar-refractivity contribution in [3.8, 4) is 5.75 Å². The van der Waals surface area contributed by atoms with Crippen molar-refractivity contribution in [3.63, 3.8) is 0 Å². The molecule has 0 spiro atoms. The predicted molar refractivity (Wildman–Crippen MR) is 64.0 cm³/mol. The zero-order valence-electron chi connectivity index (χ0n) is 9.13. The molecular formula is C12H14ClNO2. The number of ether oxygens (including phenoxy) is 1. The van der Waals surface area contributed by atoms with E-state index in [1.54, 1.807) is 18.2 Å². The van der Waals surface area contributed by atoms with Gasteiger partial charge in [-0.05, 0) is 31.0 Å². The number of unbranched alkanes of at least 4 members (excludes halogenated alkanes) is 1. The van der Waals surface area contributed by atoms with Crippen molar-refractivity contribution < 1.29 is 9.53 Å². The van der Waals surface area contributed by atoms with E-state index in [0.717, 1.165) is 19.3 Å². The van der Waals surface area contributed by atoms with Crippen LogP contribution in [0.3, 0.4) is 0 Å². The Morgan fingerprint density at radius 2 is 2.31 bits per heavy atom. The Morgan fingerprint density at radius 1 is 1.50 bits per heavy atom. The van der Waals surface area contributed by atoms with Gasteiger partial charge >= 0.3 is 0 Å². The third-order valence-electron chi connectivity index (χ3n) is 2.58. The summed E-state index contributed by atoms with van der Waals surface area (Å²) in [5.74, 6) is 0.619. The smallest absolute Gasteiger partial charge is 0.265 e. The van der Waals surface area contributed by atoms with Gasteiger partial charge in [-0.1, -0.05) is 24.9 Å². The lowest BCUT2D eigenvalue weighted by Crippen LogP contribution is -2.36. The molecule has 1 aromatic rings. The fourth-order valence-electron chi connectivity index (χ4n) is 1.70. The van der Waals surface area contributed by atoms with Crippen LogP contribution in [0, 0.1) is 0 Å². The van der Waals surface area contributed by atoms with Crippen LogP contribution in [-0.2, 0) is 4.79 Å². The average Bonchev–Trinajstić information content (AvgIpc) is 2.26. The summed E-state index contributed by atoms with van der Waals surface area (Å²) in [7, 11) is 0. The minimum absolute atomic E-state index is 0.0804. The number of carbonyl (C=O) groups excluding carboxylic acids is 1. The summed E-state index contributed by atoms with van der Waals surface area (Å²) in [4.78, 5) is 11.7. The van der Waals surface area contributed by atoms with Crippen LogP contribution in [-0.4, -0.2) is 12.0 Å². The first-order chi connectivity index (χ1) is 7.70. The number of halogens is 1. The maximum Gasteiger partial charge on any atom is 0.265 e. The number of hydrogen-bond acceptors (Lipinski definition) is 2. The normalized spacial score (nSPS) is 18.6. The summed E-state index contributed by atoms with van der Waals surface area (Å²) in [6.45, 7) is 2.09. The van der Waals surface area contributed by atoms with Crippen LogP contribution in [0.4, 0.5) is 5.69 Å². The van der Waals surface area contributed by atoms with Gasteiger partial charge < -0.3 is 10.1 Å². The van der Waals surface area contributed by atoms with Crippen LogP contribution in [0.5, 0.6) is 5.75 Å². The van der Waals surface area contributed by atoms with E-state index in [9.17, 15) is 4.79 Å². The van der Waals surface area contributed by atoms with E-state index in [-0.39, 0.29) is 12.0 Å². The molecule has 1 atom stereocenters. The average molecular weight is 240 g/mol. The van der Waals surface area contributed by atoms with Gasteiger partial charge in [-0.2, -0.15) is 0 Å². The molecule has 2 rings (SSSR count). The first-order valence-corrected chi connectivity index (χ1v) is 5.85. The van der Waals surface area contributed by atoms with Crippen LogP contribution in [0.1, 0.15) is 26.2 Å². The molecule has 3 nitrogen and oxygen atoms in total. The molecule has 1 aliphatic heterocycles. The Balaban J connectivity index is 2.15. The first-order valence-electron chi connectivity index (χ1n) is 5.47. The molecule has 0 saturated heterocycles. The van der Waals surface area contributed by atoms with E-state index < -0.39 is 0 Å². The standard InChI is InChI=1S/C12H14ClNO2/c1-2-3-4-11-12(15)14-9-7-8(13)5-6-10(9)16-11/h5-7,11H,2-4H2,1H3,(H,14,15). The van der Waals surface area contributed by atoms with Gasteiger partial charge in [0.15, 0.2) is 6.10 Å². The maximum atomic E-state index is 11.7. The van der Waals surface area contributed by atoms with Gasteiger partial charge in [0.1, 0.15) is 5.75 Å². The van der Waals surface area contributed by atoms with Gasteiger partial charge in [0, 0.05) is 5.02 Å². The zero-order valence-corrected chi connectivity index (χ0v) is 9.88. The lowest BCUT2D eigenvalue weighted by molar-refractivity contribution is -0.123. The lowest BCUT2D eigenvalue weighted by atomic mass is 10.1. The molecule has 0 aromatic heterocycles. The molecule has 1 amide bonds. The van der Waals surface area contributed by atoms with E-state index >= 15 is 0 Å². The van der Waals surface area contributed by atoms with Gasteiger partial charge in [0.25, 0.3) is 5.91 Å². The summed E-state index contributed by atoms with van der Waals surface area (Å²) in [6, 6.07) is 5.25. The van der Waals surface area contributed by atoms with Crippen LogP contribution in [0.25, 0.3) is 0 Å². The molecule has 4 heteroatoms. The maximum absolute atomic E-state index is 11.7. The SMILES string of the molecule is CCCCC1Oc2ccc(Cl)cc2NC1=O. The Morgan fingerprint density at radius 3 is 3.06 bits per heavy atom. The van der Waals surface area contributed by atoms with Crippen molar-refractivity contribution >= 4 is 23.2 Å². The Labute approximate surface area is 99.7 Å². The van der Waals surface area contributed by atoms with Crippen LogP contribution < -0.4 is 10.1 Å². The number of hydrogen-bond donors (Lipinski definition) is 1. The van der Waals surface area contributed by atoms with Gasteiger partial charge in [-0.3, -0.25) is 4.79 Å². The fourth-order valence-corrected chi connectivity index (χ4v) is 1.87. The molecule has 0 fully saturated rings. The Bertz CT molecular complexity index is 406. The van der Waals surface area contributed by atoms with Crippen molar-refractivity contribution in [1.82, 2.24) is 0 Å². The van der Waals surface area contributed by atoms with Gasteiger partial charge in [0.05, 0.1) is 5.69 Å². The monoisotopic (exact) mass is 239 g/mol. The highest BCUT2D eigenvalue weighted by atomic mass is 35.5. The topological polar surface area (TPSA) is 38.3 Å². The fraction of sp³-hybridized carbons (Fsp3) is 0.417. The third-order valence-corrected chi connectivity index (χ3v) is 2.82. The Hall–Kier alpha value is -1.22. The van der Waals surface area contributed by atoms with Gasteiger partial charge in [-0.25, -0.2) is 0 Å². The number of nitrogens with one attached hydrogen (secondary N) is 1. The lowest BCUT2D eigenvalue weighted by Gasteiger charge is -2.25. The quantitative estimate of drug-likeness (QED) is 0.880. The van der Waals surface area contributed by atoms with Gasteiger partial charge in [-0.15, -0.1) is 0 Å². The van der Waals surface area contributed by atoms with Crippen LogP contribution in [0.2, 0.25) is 5.02 Å². The number of anilines is 1. The molecule has 1 aromatic carbocycles. The number of amides is 1.